The summed E-state index contributed by atoms with van der Waals surface area (Å²) in [5.74, 6) is 1.71. The van der Waals surface area contributed by atoms with Crippen molar-refractivity contribution < 1.29 is 4.79 Å². The molecule has 0 amide bonds. The molecule has 0 aliphatic rings. The number of rotatable bonds is 3. The fourth-order valence-corrected chi connectivity index (χ4v) is 0.883. The molecule has 0 N–H and O–H groups in total. The van der Waals surface area contributed by atoms with Crippen LogP contribution in [0.3, 0.4) is 0 Å². The number of aromatic nitrogens is 1. The molecule has 0 aliphatic heterocycles. The maximum absolute atomic E-state index is 9.96. The highest BCUT2D eigenvalue weighted by Crippen LogP contribution is 1.97. The average Bonchev–Trinajstić information content (AvgIpc) is 2.06. The second-order valence-electron chi connectivity index (χ2n) is 2.48. The summed E-state index contributed by atoms with van der Waals surface area (Å²) < 4.78 is 0. The highest BCUT2D eigenvalue weighted by molar-refractivity contribution is 5.43. The van der Waals surface area contributed by atoms with Crippen molar-refractivity contribution in [1.82, 2.24) is 9.88 Å². The topological polar surface area (TPSA) is 33.2 Å². The molecular weight excluding hydrogens is 152 g/mol. The Hall–Kier alpha value is -1.60. The van der Waals surface area contributed by atoms with Crippen LogP contribution in [0.15, 0.2) is 30.6 Å². The van der Waals surface area contributed by atoms with Crippen LogP contribution in [-0.4, -0.2) is 22.9 Å². The van der Waals surface area contributed by atoms with E-state index in [2.05, 4.69) is 4.98 Å². The number of nitrogens with zero attached hydrogens (tertiary/aromatic N) is 2. The maximum atomic E-state index is 9.96. The van der Waals surface area contributed by atoms with Gasteiger partial charge in [-0.1, -0.05) is 6.07 Å². The zero-order valence-electron chi connectivity index (χ0n) is 6.90. The standard InChI is InChI=1S/C9H10N2O/c1-11(6-7-12)8-9-4-2-3-5-10-9/h2-6H,8H2,1H3. The smallest absolute Gasteiger partial charge is 0.142 e. The minimum absolute atomic E-state index is 0.635. The minimum atomic E-state index is 0.635. The summed E-state index contributed by atoms with van der Waals surface area (Å²) in [6, 6.07) is 5.69. The third kappa shape index (κ3) is 2.56. The summed E-state index contributed by atoms with van der Waals surface area (Å²) in [5.41, 5.74) is 0.937. The van der Waals surface area contributed by atoms with Gasteiger partial charge in [0, 0.05) is 13.2 Å². The van der Waals surface area contributed by atoms with Crippen molar-refractivity contribution in [3.05, 3.63) is 36.3 Å². The molecule has 0 atom stereocenters. The number of carbonyl (C=O) groups excluding carboxylic acids is 1. The van der Waals surface area contributed by atoms with Crippen LogP contribution < -0.4 is 0 Å². The molecule has 1 aromatic heterocycles. The molecule has 1 rings (SSSR count). The predicted octanol–water partition coefficient (Wildman–Crippen LogP) is 0.859. The summed E-state index contributed by atoms with van der Waals surface area (Å²) in [6.07, 6.45) is 3.09. The van der Waals surface area contributed by atoms with E-state index in [1.165, 1.54) is 6.20 Å². The van der Waals surface area contributed by atoms with Crippen molar-refractivity contribution in [1.29, 1.82) is 0 Å². The van der Waals surface area contributed by atoms with Crippen LogP contribution in [0.25, 0.3) is 0 Å². The SMILES string of the molecule is CN(C=C=O)Cc1ccccn1. The van der Waals surface area contributed by atoms with Gasteiger partial charge < -0.3 is 4.90 Å². The van der Waals surface area contributed by atoms with Gasteiger partial charge >= 0.3 is 0 Å². The van der Waals surface area contributed by atoms with Gasteiger partial charge in [-0.25, -0.2) is 4.79 Å². The van der Waals surface area contributed by atoms with E-state index < -0.39 is 0 Å². The first kappa shape index (κ1) is 8.50. The van der Waals surface area contributed by atoms with Gasteiger partial charge in [-0.2, -0.15) is 0 Å². The van der Waals surface area contributed by atoms with Gasteiger partial charge in [0.05, 0.1) is 18.4 Å². The van der Waals surface area contributed by atoms with Crippen LogP contribution in [0.1, 0.15) is 5.69 Å². The van der Waals surface area contributed by atoms with Crippen LogP contribution >= 0.6 is 0 Å². The van der Waals surface area contributed by atoms with Gasteiger partial charge in [-0.05, 0) is 12.1 Å². The molecule has 3 heteroatoms. The first-order valence-corrected chi connectivity index (χ1v) is 3.64. The van der Waals surface area contributed by atoms with Crippen LogP contribution in [0.5, 0.6) is 0 Å². The molecule has 3 nitrogen and oxygen atoms in total. The van der Waals surface area contributed by atoms with Crippen LogP contribution in [0.2, 0.25) is 0 Å². The highest BCUT2D eigenvalue weighted by atomic mass is 16.1. The lowest BCUT2D eigenvalue weighted by Crippen LogP contribution is -2.10. The van der Waals surface area contributed by atoms with Crippen molar-refractivity contribution in [3.63, 3.8) is 0 Å². The fourth-order valence-electron chi connectivity index (χ4n) is 0.883. The Bertz CT molecular complexity index is 278. The Morgan fingerprint density at radius 2 is 2.50 bits per heavy atom. The Morgan fingerprint density at radius 3 is 3.08 bits per heavy atom. The first-order valence-electron chi connectivity index (χ1n) is 3.64. The molecule has 0 aromatic carbocycles. The Balaban J connectivity index is 2.58. The highest BCUT2D eigenvalue weighted by Gasteiger charge is 1.94. The number of hydrogen-bond acceptors (Lipinski definition) is 3. The van der Waals surface area contributed by atoms with Gasteiger partial charge in [0.15, 0.2) is 0 Å². The molecule has 0 fully saturated rings. The van der Waals surface area contributed by atoms with E-state index >= 15 is 0 Å². The second-order valence-corrected chi connectivity index (χ2v) is 2.48. The Kier molecular flexibility index (Phi) is 3.05. The lowest BCUT2D eigenvalue weighted by molar-refractivity contribution is 0.443. The summed E-state index contributed by atoms with van der Waals surface area (Å²) in [7, 11) is 1.81. The van der Waals surface area contributed by atoms with Gasteiger partial charge in [0.25, 0.3) is 0 Å². The van der Waals surface area contributed by atoms with Gasteiger partial charge in [0.2, 0.25) is 0 Å². The third-order valence-electron chi connectivity index (χ3n) is 1.41. The fraction of sp³-hybridized carbons (Fsp3) is 0.222. The molecule has 0 aliphatic carbocycles. The molecule has 0 unspecified atom stereocenters. The quantitative estimate of drug-likeness (QED) is 0.618. The molecule has 0 bridgehead atoms. The van der Waals surface area contributed by atoms with Gasteiger partial charge in [0.1, 0.15) is 5.94 Å². The van der Waals surface area contributed by atoms with E-state index in [9.17, 15) is 4.79 Å². The second kappa shape index (κ2) is 4.31. The zero-order valence-corrected chi connectivity index (χ0v) is 6.90. The molecule has 0 radical (unpaired) electrons. The summed E-state index contributed by atoms with van der Waals surface area (Å²) >= 11 is 0. The van der Waals surface area contributed by atoms with E-state index in [1.54, 1.807) is 24.1 Å². The van der Waals surface area contributed by atoms with Gasteiger partial charge in [-0.3, -0.25) is 4.98 Å². The van der Waals surface area contributed by atoms with E-state index in [0.29, 0.717) is 6.54 Å². The van der Waals surface area contributed by atoms with Crippen molar-refractivity contribution in [2.24, 2.45) is 0 Å². The molecule has 62 valence electrons. The minimum Gasteiger partial charge on any atom is -0.366 e. The van der Waals surface area contributed by atoms with E-state index in [-0.39, 0.29) is 0 Å². The molecule has 0 saturated heterocycles. The largest absolute Gasteiger partial charge is 0.366 e. The summed E-state index contributed by atoms with van der Waals surface area (Å²) in [6.45, 7) is 0.635. The zero-order chi connectivity index (χ0) is 8.81. The molecule has 1 aromatic rings. The molecule has 12 heavy (non-hydrogen) atoms. The van der Waals surface area contributed by atoms with Gasteiger partial charge in [-0.15, -0.1) is 0 Å². The predicted molar refractivity (Wildman–Crippen MR) is 46.0 cm³/mol. The number of hydrogen-bond donors (Lipinski definition) is 0. The average molecular weight is 162 g/mol. The van der Waals surface area contributed by atoms with Crippen molar-refractivity contribution >= 4 is 5.94 Å². The molecule has 1 heterocycles. The van der Waals surface area contributed by atoms with Crippen LogP contribution in [0, 0.1) is 0 Å². The van der Waals surface area contributed by atoms with Crippen molar-refractivity contribution in [3.8, 4) is 0 Å². The monoisotopic (exact) mass is 162 g/mol. The lowest BCUT2D eigenvalue weighted by Gasteiger charge is -2.10. The van der Waals surface area contributed by atoms with E-state index in [1.807, 2.05) is 18.2 Å². The van der Waals surface area contributed by atoms with Crippen LogP contribution in [-0.2, 0) is 11.3 Å². The number of pyridine rings is 1. The molecule has 0 spiro atoms. The third-order valence-corrected chi connectivity index (χ3v) is 1.41. The van der Waals surface area contributed by atoms with Crippen LogP contribution in [0.4, 0.5) is 0 Å². The van der Waals surface area contributed by atoms with Crippen molar-refractivity contribution in [2.45, 2.75) is 6.54 Å². The molecule has 0 saturated carbocycles. The Morgan fingerprint density at radius 1 is 1.67 bits per heavy atom. The first-order chi connectivity index (χ1) is 5.83. The van der Waals surface area contributed by atoms with E-state index in [4.69, 9.17) is 0 Å². The molecular formula is C9H10N2O. The summed E-state index contributed by atoms with van der Waals surface area (Å²) in [5, 5.41) is 0. The normalized spacial score (nSPS) is 8.75. The van der Waals surface area contributed by atoms with E-state index in [0.717, 1.165) is 5.69 Å². The van der Waals surface area contributed by atoms with Crippen molar-refractivity contribution in [2.75, 3.05) is 7.05 Å². The maximum Gasteiger partial charge on any atom is 0.142 e. The summed E-state index contributed by atoms with van der Waals surface area (Å²) in [4.78, 5) is 15.8. The Labute approximate surface area is 71.3 Å². The lowest BCUT2D eigenvalue weighted by atomic mass is 10.3.